The zero-order valence-electron chi connectivity index (χ0n) is 23.0. The number of nitrogens with zero attached hydrogens (tertiary/aromatic N) is 1. The van der Waals surface area contributed by atoms with E-state index in [9.17, 15) is 0 Å². The Morgan fingerprint density at radius 2 is 1.10 bits per heavy atom. The monoisotopic (exact) mass is 525 g/mol. The summed E-state index contributed by atoms with van der Waals surface area (Å²) in [5.74, 6) is 0. The number of hydrogen-bond donors (Lipinski definition) is 0. The lowest BCUT2D eigenvalue weighted by atomic mass is 9.96. The molecule has 0 aliphatic carbocycles. The van der Waals surface area contributed by atoms with Gasteiger partial charge < -0.3 is 0 Å². The molecule has 0 radical (unpaired) electrons. The van der Waals surface area contributed by atoms with Crippen LogP contribution in [-0.4, -0.2) is 4.98 Å². The molecule has 7 aromatic rings. The van der Waals surface area contributed by atoms with E-state index >= 15 is 0 Å². The summed E-state index contributed by atoms with van der Waals surface area (Å²) in [4.78, 5) is 4.90. The van der Waals surface area contributed by atoms with Gasteiger partial charge in [-0.05, 0) is 81.6 Å². The molecule has 6 aromatic carbocycles. The molecule has 0 amide bonds. The smallest absolute Gasteiger partial charge is 0.0709 e. The van der Waals surface area contributed by atoms with E-state index in [-0.39, 0.29) is 0 Å². The van der Waals surface area contributed by atoms with Crippen molar-refractivity contribution in [1.29, 1.82) is 0 Å². The number of aryl methyl sites for hydroxylation is 2. The lowest BCUT2D eigenvalue weighted by Crippen LogP contribution is -1.92. The standard InChI is InChI=1S/C40H31N/c1-3-18-37-31(12-1)14-8-19-38(37)32-23-21-29(22-24-32)9-5-10-30-11-6-15-34(27-30)35-16-7-17-36(28-35)40-26-25-33-13-2-4-20-39(33)41-40/h1-4,6-8,11-28H,5,9-10H2. The minimum Gasteiger partial charge on any atom is -0.248 e. The summed E-state index contributed by atoms with van der Waals surface area (Å²) in [7, 11) is 0. The van der Waals surface area contributed by atoms with Crippen molar-refractivity contribution in [2.24, 2.45) is 0 Å². The van der Waals surface area contributed by atoms with Gasteiger partial charge in [0, 0.05) is 10.9 Å². The number of hydrogen-bond acceptors (Lipinski definition) is 1. The molecule has 0 saturated heterocycles. The SMILES string of the molecule is c1cc(CCCc2ccc(-c3cccc4ccccc34)cc2)cc(-c2cccc(-c3ccc4ccccc4n3)c2)c1. The fraction of sp³-hybridized carbons (Fsp3) is 0.0750. The van der Waals surface area contributed by atoms with E-state index in [1.54, 1.807) is 0 Å². The molecule has 1 nitrogen and oxygen atoms in total. The number of pyridine rings is 1. The zero-order chi connectivity index (χ0) is 27.4. The van der Waals surface area contributed by atoms with E-state index in [2.05, 4.69) is 146 Å². The van der Waals surface area contributed by atoms with Crippen LogP contribution < -0.4 is 0 Å². The van der Waals surface area contributed by atoms with Gasteiger partial charge in [-0.25, -0.2) is 4.98 Å². The lowest BCUT2D eigenvalue weighted by Gasteiger charge is -2.10. The van der Waals surface area contributed by atoms with Crippen molar-refractivity contribution in [2.45, 2.75) is 19.3 Å². The van der Waals surface area contributed by atoms with Gasteiger partial charge in [0.05, 0.1) is 11.2 Å². The highest BCUT2D eigenvalue weighted by Crippen LogP contribution is 2.30. The topological polar surface area (TPSA) is 12.9 Å². The molecule has 0 unspecified atom stereocenters. The molecule has 0 aliphatic heterocycles. The van der Waals surface area contributed by atoms with Crippen molar-refractivity contribution in [3.8, 4) is 33.5 Å². The van der Waals surface area contributed by atoms with Crippen LogP contribution >= 0.6 is 0 Å². The van der Waals surface area contributed by atoms with Gasteiger partial charge in [-0.1, -0.05) is 133 Å². The van der Waals surface area contributed by atoms with Crippen LogP contribution in [0.4, 0.5) is 0 Å². The van der Waals surface area contributed by atoms with Crippen LogP contribution in [0, 0.1) is 0 Å². The Morgan fingerprint density at radius 1 is 0.415 bits per heavy atom. The molecule has 41 heavy (non-hydrogen) atoms. The first kappa shape index (κ1) is 25.0. The molecule has 0 bridgehead atoms. The summed E-state index contributed by atoms with van der Waals surface area (Å²) in [5, 5.41) is 3.76. The van der Waals surface area contributed by atoms with Crippen molar-refractivity contribution in [3.63, 3.8) is 0 Å². The van der Waals surface area contributed by atoms with E-state index in [1.807, 2.05) is 6.07 Å². The van der Waals surface area contributed by atoms with Crippen molar-refractivity contribution in [3.05, 3.63) is 163 Å². The molecule has 1 aromatic heterocycles. The predicted molar refractivity (Wildman–Crippen MR) is 174 cm³/mol. The van der Waals surface area contributed by atoms with Gasteiger partial charge in [-0.2, -0.15) is 0 Å². The van der Waals surface area contributed by atoms with Crippen molar-refractivity contribution in [1.82, 2.24) is 4.98 Å². The average Bonchev–Trinajstić information content (AvgIpc) is 3.05. The Balaban J connectivity index is 1.03. The maximum absolute atomic E-state index is 4.90. The van der Waals surface area contributed by atoms with Crippen molar-refractivity contribution in [2.75, 3.05) is 0 Å². The van der Waals surface area contributed by atoms with E-state index in [1.165, 1.54) is 49.5 Å². The van der Waals surface area contributed by atoms with Gasteiger partial charge >= 0.3 is 0 Å². The van der Waals surface area contributed by atoms with Crippen LogP contribution in [0.2, 0.25) is 0 Å². The van der Waals surface area contributed by atoms with Gasteiger partial charge in [0.25, 0.3) is 0 Å². The summed E-state index contributed by atoms with van der Waals surface area (Å²) < 4.78 is 0. The molecule has 0 saturated carbocycles. The molecular formula is C40H31N. The van der Waals surface area contributed by atoms with Crippen molar-refractivity contribution >= 4 is 21.7 Å². The fourth-order valence-electron chi connectivity index (χ4n) is 5.82. The van der Waals surface area contributed by atoms with Gasteiger partial charge in [-0.15, -0.1) is 0 Å². The summed E-state index contributed by atoms with van der Waals surface area (Å²) in [6.07, 6.45) is 3.26. The maximum atomic E-state index is 4.90. The highest BCUT2D eigenvalue weighted by atomic mass is 14.7. The van der Waals surface area contributed by atoms with E-state index < -0.39 is 0 Å². The minimum atomic E-state index is 1.01. The third kappa shape index (κ3) is 5.40. The molecule has 7 rings (SSSR count). The minimum absolute atomic E-state index is 1.01. The molecule has 0 aliphatic rings. The summed E-state index contributed by atoms with van der Waals surface area (Å²) in [6, 6.07) is 54.6. The lowest BCUT2D eigenvalue weighted by molar-refractivity contribution is 0.821. The van der Waals surface area contributed by atoms with Crippen LogP contribution in [0.1, 0.15) is 17.5 Å². The van der Waals surface area contributed by atoms with E-state index in [0.717, 1.165) is 36.0 Å². The molecule has 1 heterocycles. The number of fused-ring (bicyclic) bond motifs is 2. The molecule has 196 valence electrons. The quantitative estimate of drug-likeness (QED) is 0.202. The second kappa shape index (κ2) is 11.2. The number of aromatic nitrogens is 1. The number of para-hydroxylation sites is 1. The van der Waals surface area contributed by atoms with Crippen LogP contribution in [0.25, 0.3) is 55.2 Å². The molecule has 0 N–H and O–H groups in total. The predicted octanol–water partition coefficient (Wildman–Crippen LogP) is 10.6. The molecule has 0 atom stereocenters. The molecule has 0 spiro atoms. The first-order chi connectivity index (χ1) is 20.3. The van der Waals surface area contributed by atoms with Gasteiger partial charge in [0.2, 0.25) is 0 Å². The van der Waals surface area contributed by atoms with Crippen LogP contribution in [0.5, 0.6) is 0 Å². The molecular weight excluding hydrogens is 494 g/mol. The maximum Gasteiger partial charge on any atom is 0.0709 e. The first-order valence-corrected chi connectivity index (χ1v) is 14.4. The van der Waals surface area contributed by atoms with Gasteiger partial charge in [0.1, 0.15) is 0 Å². The zero-order valence-corrected chi connectivity index (χ0v) is 23.0. The Hall–Kier alpha value is -5.01. The Morgan fingerprint density at radius 3 is 2.00 bits per heavy atom. The van der Waals surface area contributed by atoms with Gasteiger partial charge in [-0.3, -0.25) is 0 Å². The number of benzene rings is 6. The number of rotatable bonds is 7. The first-order valence-electron chi connectivity index (χ1n) is 14.4. The Labute approximate surface area is 241 Å². The summed E-state index contributed by atoms with van der Waals surface area (Å²) in [6.45, 7) is 0. The molecule has 0 fully saturated rings. The fourth-order valence-corrected chi connectivity index (χ4v) is 5.82. The third-order valence-corrected chi connectivity index (χ3v) is 8.00. The highest BCUT2D eigenvalue weighted by Gasteiger charge is 2.07. The van der Waals surface area contributed by atoms with Gasteiger partial charge in [0.15, 0.2) is 0 Å². The average molecular weight is 526 g/mol. The molecule has 1 heteroatoms. The normalized spacial score (nSPS) is 11.2. The second-order valence-electron chi connectivity index (χ2n) is 10.7. The van der Waals surface area contributed by atoms with Crippen molar-refractivity contribution < 1.29 is 0 Å². The summed E-state index contributed by atoms with van der Waals surface area (Å²) >= 11 is 0. The van der Waals surface area contributed by atoms with Crippen LogP contribution in [0.15, 0.2) is 152 Å². The Kier molecular flexibility index (Phi) is 6.85. The van der Waals surface area contributed by atoms with Crippen LogP contribution in [-0.2, 0) is 12.8 Å². The third-order valence-electron chi connectivity index (χ3n) is 8.00. The summed E-state index contributed by atoms with van der Waals surface area (Å²) in [5.41, 5.74) is 11.0. The van der Waals surface area contributed by atoms with E-state index in [4.69, 9.17) is 4.98 Å². The highest BCUT2D eigenvalue weighted by molar-refractivity contribution is 5.96. The second-order valence-corrected chi connectivity index (χ2v) is 10.7. The van der Waals surface area contributed by atoms with Crippen LogP contribution in [0.3, 0.4) is 0 Å². The Bertz CT molecular complexity index is 1960. The largest absolute Gasteiger partial charge is 0.248 e. The van der Waals surface area contributed by atoms with E-state index in [0.29, 0.717) is 0 Å².